The van der Waals surface area contributed by atoms with Crippen molar-refractivity contribution < 1.29 is 9.53 Å². The van der Waals surface area contributed by atoms with Gasteiger partial charge in [0, 0.05) is 13.1 Å². The predicted molar refractivity (Wildman–Crippen MR) is 62.5 cm³/mol. The van der Waals surface area contributed by atoms with Gasteiger partial charge in [0.25, 0.3) is 5.91 Å². The summed E-state index contributed by atoms with van der Waals surface area (Å²) in [6, 6.07) is 7.76. The molecule has 0 aliphatic carbocycles. The Kier molecular flexibility index (Phi) is 3.44. The third-order valence-electron chi connectivity index (χ3n) is 2.90. The monoisotopic (exact) mass is 219 g/mol. The summed E-state index contributed by atoms with van der Waals surface area (Å²) in [5.74, 6) is 0.899. The summed E-state index contributed by atoms with van der Waals surface area (Å²) in [5, 5.41) is 0. The number of benzene rings is 1. The summed E-state index contributed by atoms with van der Waals surface area (Å²) < 4.78 is 5.52. The molecule has 0 radical (unpaired) electrons. The molecule has 0 bridgehead atoms. The minimum atomic E-state index is 0.0979. The molecule has 3 heteroatoms. The van der Waals surface area contributed by atoms with Gasteiger partial charge in [-0.3, -0.25) is 4.79 Å². The highest BCUT2D eigenvalue weighted by molar-refractivity contribution is 5.78. The lowest BCUT2D eigenvalue weighted by Crippen LogP contribution is -2.32. The van der Waals surface area contributed by atoms with E-state index in [1.807, 2.05) is 36.1 Å². The minimum absolute atomic E-state index is 0.0979. The molecular formula is C13H17NO2. The number of carbonyl (C=O) groups excluding carboxylic acids is 1. The van der Waals surface area contributed by atoms with E-state index < -0.39 is 0 Å². The van der Waals surface area contributed by atoms with Crippen LogP contribution in [0.4, 0.5) is 0 Å². The van der Waals surface area contributed by atoms with Crippen molar-refractivity contribution in [2.45, 2.75) is 19.8 Å². The molecule has 86 valence electrons. The van der Waals surface area contributed by atoms with E-state index in [2.05, 4.69) is 0 Å². The van der Waals surface area contributed by atoms with Crippen LogP contribution < -0.4 is 4.74 Å². The first-order chi connectivity index (χ1) is 7.77. The largest absolute Gasteiger partial charge is 0.484 e. The Labute approximate surface area is 96.0 Å². The number of aryl methyl sites for hydroxylation is 1. The first kappa shape index (κ1) is 11.0. The summed E-state index contributed by atoms with van der Waals surface area (Å²) in [4.78, 5) is 13.6. The van der Waals surface area contributed by atoms with Gasteiger partial charge in [0.15, 0.2) is 6.61 Å². The fraction of sp³-hybridized carbons (Fsp3) is 0.462. The Bertz CT molecular complexity index is 370. The highest BCUT2D eigenvalue weighted by Crippen LogP contribution is 2.16. The standard InChI is InChI=1S/C13H17NO2/c1-11-6-2-3-7-12(11)16-10-13(15)14-8-4-5-9-14/h2-3,6-7H,4-5,8-10H2,1H3. The molecule has 1 aliphatic heterocycles. The third kappa shape index (κ3) is 2.54. The average molecular weight is 219 g/mol. The van der Waals surface area contributed by atoms with Crippen LogP contribution in [0.25, 0.3) is 0 Å². The van der Waals surface area contributed by atoms with E-state index in [-0.39, 0.29) is 12.5 Å². The van der Waals surface area contributed by atoms with E-state index in [1.165, 1.54) is 0 Å². The number of rotatable bonds is 3. The molecule has 16 heavy (non-hydrogen) atoms. The van der Waals surface area contributed by atoms with Crippen LogP contribution in [0.1, 0.15) is 18.4 Å². The van der Waals surface area contributed by atoms with Crippen molar-refractivity contribution in [1.29, 1.82) is 0 Å². The van der Waals surface area contributed by atoms with Crippen molar-refractivity contribution in [1.82, 2.24) is 4.90 Å². The quantitative estimate of drug-likeness (QED) is 0.778. The first-order valence-corrected chi connectivity index (χ1v) is 5.73. The lowest BCUT2D eigenvalue weighted by molar-refractivity contribution is -0.132. The predicted octanol–water partition coefficient (Wildman–Crippen LogP) is 2.00. The van der Waals surface area contributed by atoms with Gasteiger partial charge in [-0.2, -0.15) is 0 Å². The van der Waals surface area contributed by atoms with Gasteiger partial charge in [-0.1, -0.05) is 18.2 Å². The van der Waals surface area contributed by atoms with Gasteiger partial charge in [0.1, 0.15) is 5.75 Å². The molecular weight excluding hydrogens is 202 g/mol. The molecule has 2 rings (SSSR count). The number of carbonyl (C=O) groups is 1. The normalized spacial score (nSPS) is 15.2. The van der Waals surface area contributed by atoms with Crippen molar-refractivity contribution >= 4 is 5.91 Å². The molecule has 1 heterocycles. The summed E-state index contributed by atoms with van der Waals surface area (Å²) in [7, 11) is 0. The second-order valence-electron chi connectivity index (χ2n) is 4.14. The highest BCUT2D eigenvalue weighted by Gasteiger charge is 2.18. The Morgan fingerprint density at radius 2 is 2.00 bits per heavy atom. The SMILES string of the molecule is Cc1ccccc1OCC(=O)N1CCCC1. The molecule has 0 saturated carbocycles. The second-order valence-corrected chi connectivity index (χ2v) is 4.14. The fourth-order valence-electron chi connectivity index (χ4n) is 1.92. The zero-order valence-corrected chi connectivity index (χ0v) is 9.61. The van der Waals surface area contributed by atoms with Crippen LogP contribution in [0.2, 0.25) is 0 Å². The van der Waals surface area contributed by atoms with E-state index in [1.54, 1.807) is 0 Å². The molecule has 0 aromatic heterocycles. The minimum Gasteiger partial charge on any atom is -0.484 e. The number of hydrogen-bond acceptors (Lipinski definition) is 2. The second kappa shape index (κ2) is 5.01. The Morgan fingerprint density at radius 1 is 1.31 bits per heavy atom. The topological polar surface area (TPSA) is 29.5 Å². The third-order valence-corrected chi connectivity index (χ3v) is 2.90. The summed E-state index contributed by atoms with van der Waals surface area (Å²) in [6.45, 7) is 3.91. The maximum Gasteiger partial charge on any atom is 0.260 e. The Morgan fingerprint density at radius 3 is 2.69 bits per heavy atom. The van der Waals surface area contributed by atoms with Crippen molar-refractivity contribution in [3.8, 4) is 5.75 Å². The summed E-state index contributed by atoms with van der Waals surface area (Å²) in [5.41, 5.74) is 1.07. The van der Waals surface area contributed by atoms with E-state index in [0.717, 1.165) is 37.2 Å². The lowest BCUT2D eigenvalue weighted by Gasteiger charge is -2.16. The maximum absolute atomic E-state index is 11.7. The number of ether oxygens (including phenoxy) is 1. The van der Waals surface area contributed by atoms with Crippen molar-refractivity contribution in [2.24, 2.45) is 0 Å². The van der Waals surface area contributed by atoms with Gasteiger partial charge in [-0.25, -0.2) is 0 Å². The lowest BCUT2D eigenvalue weighted by atomic mass is 10.2. The number of amides is 1. The van der Waals surface area contributed by atoms with Crippen molar-refractivity contribution in [3.05, 3.63) is 29.8 Å². The van der Waals surface area contributed by atoms with Gasteiger partial charge < -0.3 is 9.64 Å². The van der Waals surface area contributed by atoms with Crippen LogP contribution >= 0.6 is 0 Å². The van der Waals surface area contributed by atoms with E-state index >= 15 is 0 Å². The molecule has 1 saturated heterocycles. The molecule has 3 nitrogen and oxygen atoms in total. The van der Waals surface area contributed by atoms with Crippen LogP contribution in [-0.2, 0) is 4.79 Å². The molecule has 0 N–H and O–H groups in total. The molecule has 0 atom stereocenters. The maximum atomic E-state index is 11.7. The molecule has 1 amide bonds. The average Bonchev–Trinajstić information content (AvgIpc) is 2.81. The zero-order valence-electron chi connectivity index (χ0n) is 9.61. The number of hydrogen-bond donors (Lipinski definition) is 0. The molecule has 0 unspecified atom stereocenters. The molecule has 0 spiro atoms. The van der Waals surface area contributed by atoms with Crippen LogP contribution in [0, 0.1) is 6.92 Å². The molecule has 1 aromatic carbocycles. The smallest absolute Gasteiger partial charge is 0.260 e. The van der Waals surface area contributed by atoms with Gasteiger partial charge in [-0.15, -0.1) is 0 Å². The molecule has 1 fully saturated rings. The van der Waals surface area contributed by atoms with Crippen molar-refractivity contribution in [2.75, 3.05) is 19.7 Å². The van der Waals surface area contributed by atoms with E-state index in [9.17, 15) is 4.79 Å². The van der Waals surface area contributed by atoms with Crippen LogP contribution in [-0.4, -0.2) is 30.5 Å². The van der Waals surface area contributed by atoms with Gasteiger partial charge in [0.2, 0.25) is 0 Å². The zero-order chi connectivity index (χ0) is 11.4. The van der Waals surface area contributed by atoms with E-state index in [0.29, 0.717) is 0 Å². The highest BCUT2D eigenvalue weighted by atomic mass is 16.5. The van der Waals surface area contributed by atoms with Crippen LogP contribution in [0.5, 0.6) is 5.75 Å². The number of para-hydroxylation sites is 1. The summed E-state index contributed by atoms with van der Waals surface area (Å²) in [6.07, 6.45) is 2.24. The van der Waals surface area contributed by atoms with Gasteiger partial charge in [-0.05, 0) is 31.4 Å². The van der Waals surface area contributed by atoms with Crippen LogP contribution in [0.15, 0.2) is 24.3 Å². The Hall–Kier alpha value is -1.51. The van der Waals surface area contributed by atoms with Crippen LogP contribution in [0.3, 0.4) is 0 Å². The van der Waals surface area contributed by atoms with Gasteiger partial charge >= 0.3 is 0 Å². The Balaban J connectivity index is 1.87. The van der Waals surface area contributed by atoms with E-state index in [4.69, 9.17) is 4.74 Å². The molecule has 1 aliphatic rings. The van der Waals surface area contributed by atoms with Gasteiger partial charge in [0.05, 0.1) is 0 Å². The fourth-order valence-corrected chi connectivity index (χ4v) is 1.92. The number of nitrogens with zero attached hydrogens (tertiary/aromatic N) is 1. The van der Waals surface area contributed by atoms with Crippen molar-refractivity contribution in [3.63, 3.8) is 0 Å². The number of likely N-dealkylation sites (tertiary alicyclic amines) is 1. The summed E-state index contributed by atoms with van der Waals surface area (Å²) >= 11 is 0. The first-order valence-electron chi connectivity index (χ1n) is 5.73. The molecule has 1 aromatic rings.